The number of amides is 1. The first-order chi connectivity index (χ1) is 10.8. The van der Waals surface area contributed by atoms with E-state index < -0.39 is 0 Å². The van der Waals surface area contributed by atoms with Crippen molar-refractivity contribution in [3.63, 3.8) is 0 Å². The molecule has 0 saturated carbocycles. The summed E-state index contributed by atoms with van der Waals surface area (Å²) < 4.78 is 2.13. The maximum atomic E-state index is 12.5. The number of thioether (sulfide) groups is 1. The lowest BCUT2D eigenvalue weighted by molar-refractivity contribution is -0.116. The lowest BCUT2D eigenvalue weighted by atomic mass is 10.2. The Morgan fingerprint density at radius 3 is 2.91 bits per heavy atom. The van der Waals surface area contributed by atoms with Crippen molar-refractivity contribution in [1.82, 2.24) is 4.98 Å². The summed E-state index contributed by atoms with van der Waals surface area (Å²) in [5.74, 6) is 0.600. The van der Waals surface area contributed by atoms with E-state index in [1.165, 1.54) is 22.0 Å². The molecule has 0 fully saturated rings. The molecule has 3 nitrogen and oxygen atoms in total. The molecule has 0 unspecified atom stereocenters. The Morgan fingerprint density at radius 2 is 2.00 bits per heavy atom. The molecule has 1 aliphatic rings. The second-order valence-electron chi connectivity index (χ2n) is 5.16. The summed E-state index contributed by atoms with van der Waals surface area (Å²) in [6.45, 7) is 0.790. The van der Waals surface area contributed by atoms with Crippen molar-refractivity contribution in [1.29, 1.82) is 0 Å². The van der Waals surface area contributed by atoms with E-state index in [2.05, 4.69) is 17.1 Å². The molecule has 0 aliphatic carbocycles. The molecule has 22 heavy (non-hydrogen) atoms. The van der Waals surface area contributed by atoms with Crippen molar-refractivity contribution in [3.05, 3.63) is 54.1 Å². The molecule has 3 aromatic rings. The first-order valence-electron chi connectivity index (χ1n) is 7.18. The number of rotatable bonds is 3. The Hall–Kier alpha value is -1.85. The topological polar surface area (TPSA) is 33.2 Å². The highest BCUT2D eigenvalue weighted by Crippen LogP contribution is 2.31. The van der Waals surface area contributed by atoms with Crippen LogP contribution in [0.5, 0.6) is 0 Å². The van der Waals surface area contributed by atoms with Crippen LogP contribution in [-0.2, 0) is 11.2 Å². The molecule has 2 heterocycles. The molecule has 1 aliphatic heterocycles. The number of carbonyl (C=O) groups is 1. The van der Waals surface area contributed by atoms with Gasteiger partial charge in [-0.3, -0.25) is 4.79 Å². The molecular weight excluding hydrogens is 312 g/mol. The van der Waals surface area contributed by atoms with Gasteiger partial charge in [-0.1, -0.05) is 42.1 Å². The standard InChI is InChI=1S/C17H14N2OS2/c20-16(19-10-9-12-5-1-3-7-14(12)19)11-21-17-18-13-6-2-4-8-15(13)22-17/h1-8H,9-11H2. The SMILES string of the molecule is O=C(CSc1nc2ccccc2s1)N1CCc2ccccc21. The molecular formula is C17H14N2OS2. The summed E-state index contributed by atoms with van der Waals surface area (Å²) in [5.41, 5.74) is 3.34. The number of thiazole rings is 1. The van der Waals surface area contributed by atoms with Gasteiger partial charge >= 0.3 is 0 Å². The number of para-hydroxylation sites is 2. The van der Waals surface area contributed by atoms with Crippen molar-refractivity contribution in [2.24, 2.45) is 0 Å². The summed E-state index contributed by atoms with van der Waals surface area (Å²) in [7, 11) is 0. The van der Waals surface area contributed by atoms with Crippen LogP contribution in [0.1, 0.15) is 5.56 Å². The lowest BCUT2D eigenvalue weighted by Gasteiger charge is -2.16. The van der Waals surface area contributed by atoms with Gasteiger partial charge in [0, 0.05) is 12.2 Å². The van der Waals surface area contributed by atoms with Gasteiger partial charge in [0.25, 0.3) is 0 Å². The van der Waals surface area contributed by atoms with E-state index in [9.17, 15) is 4.79 Å². The average Bonchev–Trinajstić information content (AvgIpc) is 3.16. The fourth-order valence-electron chi connectivity index (χ4n) is 2.71. The number of nitrogens with zero attached hydrogens (tertiary/aromatic N) is 2. The van der Waals surface area contributed by atoms with Gasteiger partial charge in [0.05, 0.1) is 16.0 Å². The van der Waals surface area contributed by atoms with Crippen LogP contribution in [0.4, 0.5) is 5.69 Å². The van der Waals surface area contributed by atoms with Crippen LogP contribution >= 0.6 is 23.1 Å². The fraction of sp³-hybridized carbons (Fsp3) is 0.176. The van der Waals surface area contributed by atoms with Crippen molar-refractivity contribution in [2.45, 2.75) is 10.8 Å². The van der Waals surface area contributed by atoms with Crippen molar-refractivity contribution >= 4 is 44.9 Å². The third-order valence-corrected chi connectivity index (χ3v) is 5.95. The highest BCUT2D eigenvalue weighted by molar-refractivity contribution is 8.01. The lowest BCUT2D eigenvalue weighted by Crippen LogP contribution is -2.30. The Kier molecular flexibility index (Phi) is 3.60. The first kappa shape index (κ1) is 13.8. The van der Waals surface area contributed by atoms with Crippen LogP contribution in [0.3, 0.4) is 0 Å². The highest BCUT2D eigenvalue weighted by atomic mass is 32.2. The molecule has 1 amide bonds. The van der Waals surface area contributed by atoms with Gasteiger partial charge in [0.2, 0.25) is 5.91 Å². The number of aromatic nitrogens is 1. The molecule has 5 heteroatoms. The fourth-order valence-corrected chi connectivity index (χ4v) is 4.66. The Labute approximate surface area is 137 Å². The number of fused-ring (bicyclic) bond motifs is 2. The Morgan fingerprint density at radius 1 is 1.18 bits per heavy atom. The number of benzene rings is 2. The van der Waals surface area contributed by atoms with Gasteiger partial charge < -0.3 is 4.90 Å². The molecule has 0 bridgehead atoms. The van der Waals surface area contributed by atoms with Crippen LogP contribution < -0.4 is 4.90 Å². The Bertz CT molecular complexity index is 810. The molecule has 2 aromatic carbocycles. The second-order valence-corrected chi connectivity index (χ2v) is 7.41. The zero-order valence-electron chi connectivity index (χ0n) is 11.9. The summed E-state index contributed by atoms with van der Waals surface area (Å²) in [4.78, 5) is 18.9. The second kappa shape index (κ2) is 5.74. The third kappa shape index (κ3) is 2.51. The van der Waals surface area contributed by atoms with E-state index in [1.54, 1.807) is 11.3 Å². The molecule has 1 aromatic heterocycles. The van der Waals surface area contributed by atoms with Gasteiger partial charge in [-0.2, -0.15) is 0 Å². The van der Waals surface area contributed by atoms with E-state index >= 15 is 0 Å². The molecule has 0 radical (unpaired) electrons. The Balaban J connectivity index is 1.47. The van der Waals surface area contributed by atoms with E-state index in [1.807, 2.05) is 41.3 Å². The van der Waals surface area contributed by atoms with E-state index in [0.717, 1.165) is 28.5 Å². The zero-order valence-corrected chi connectivity index (χ0v) is 13.5. The average molecular weight is 326 g/mol. The summed E-state index contributed by atoms with van der Waals surface area (Å²) in [5, 5.41) is 0. The van der Waals surface area contributed by atoms with Crippen LogP contribution in [0.2, 0.25) is 0 Å². The van der Waals surface area contributed by atoms with Gasteiger partial charge in [-0.25, -0.2) is 4.98 Å². The molecule has 0 atom stereocenters. The van der Waals surface area contributed by atoms with Gasteiger partial charge in [0.15, 0.2) is 4.34 Å². The van der Waals surface area contributed by atoms with E-state index in [0.29, 0.717) is 5.75 Å². The van der Waals surface area contributed by atoms with Crippen molar-refractivity contribution in [2.75, 3.05) is 17.2 Å². The van der Waals surface area contributed by atoms with Crippen molar-refractivity contribution < 1.29 is 4.79 Å². The van der Waals surface area contributed by atoms with E-state index in [4.69, 9.17) is 0 Å². The summed E-state index contributed by atoms with van der Waals surface area (Å²) in [6.07, 6.45) is 0.952. The van der Waals surface area contributed by atoms with Gasteiger partial charge in [-0.15, -0.1) is 11.3 Å². The monoisotopic (exact) mass is 326 g/mol. The molecule has 0 saturated heterocycles. The van der Waals surface area contributed by atoms with E-state index in [-0.39, 0.29) is 5.91 Å². The van der Waals surface area contributed by atoms with Gasteiger partial charge in [-0.05, 0) is 30.2 Å². The molecule has 4 rings (SSSR count). The van der Waals surface area contributed by atoms with Crippen LogP contribution in [0.15, 0.2) is 52.9 Å². The zero-order chi connectivity index (χ0) is 14.9. The smallest absolute Gasteiger partial charge is 0.237 e. The van der Waals surface area contributed by atoms with Crippen LogP contribution in [0, 0.1) is 0 Å². The summed E-state index contributed by atoms with van der Waals surface area (Å²) >= 11 is 3.18. The quantitative estimate of drug-likeness (QED) is 0.683. The highest BCUT2D eigenvalue weighted by Gasteiger charge is 2.24. The number of carbonyl (C=O) groups excluding carboxylic acids is 1. The summed E-state index contributed by atoms with van der Waals surface area (Å²) in [6, 6.07) is 16.2. The number of hydrogen-bond acceptors (Lipinski definition) is 4. The molecule has 110 valence electrons. The molecule has 0 N–H and O–H groups in total. The maximum Gasteiger partial charge on any atom is 0.237 e. The predicted octanol–water partition coefficient (Wildman–Crippen LogP) is 3.98. The first-order valence-corrected chi connectivity index (χ1v) is 8.98. The number of hydrogen-bond donors (Lipinski definition) is 0. The van der Waals surface area contributed by atoms with Crippen LogP contribution in [-0.4, -0.2) is 23.2 Å². The molecule has 0 spiro atoms. The minimum absolute atomic E-state index is 0.161. The third-order valence-electron chi connectivity index (χ3n) is 3.78. The largest absolute Gasteiger partial charge is 0.311 e. The maximum absolute atomic E-state index is 12.5. The predicted molar refractivity (Wildman–Crippen MR) is 92.8 cm³/mol. The van der Waals surface area contributed by atoms with Gasteiger partial charge in [0.1, 0.15) is 0 Å². The van der Waals surface area contributed by atoms with Crippen molar-refractivity contribution in [3.8, 4) is 0 Å². The minimum atomic E-state index is 0.161. The van der Waals surface area contributed by atoms with Crippen LogP contribution in [0.25, 0.3) is 10.2 Å². The number of anilines is 1. The normalized spacial score (nSPS) is 13.5. The minimum Gasteiger partial charge on any atom is -0.311 e.